The molecule has 2 aromatic heterocycles. The zero-order chi connectivity index (χ0) is 24.1. The number of amides is 2. The van der Waals surface area contributed by atoms with Gasteiger partial charge in [0.15, 0.2) is 5.75 Å². The third kappa shape index (κ3) is 4.34. The lowest BCUT2D eigenvalue weighted by Crippen LogP contribution is -2.46. The lowest BCUT2D eigenvalue weighted by Gasteiger charge is -2.27. The molecule has 1 saturated carbocycles. The van der Waals surface area contributed by atoms with Gasteiger partial charge in [0.05, 0.1) is 15.9 Å². The Labute approximate surface area is 214 Å². The topological polar surface area (TPSA) is 90.0 Å². The quantitative estimate of drug-likeness (QED) is 0.506. The number of rotatable bonds is 5. The van der Waals surface area contributed by atoms with E-state index in [0.717, 1.165) is 21.9 Å². The normalized spacial score (nSPS) is 22.0. The first-order chi connectivity index (χ1) is 17.0. The van der Waals surface area contributed by atoms with Crippen LogP contribution in [-0.2, 0) is 0 Å². The van der Waals surface area contributed by atoms with Crippen molar-refractivity contribution in [3.05, 3.63) is 45.4 Å². The lowest BCUT2D eigenvalue weighted by atomic mass is 10.1. The number of thiophene rings is 1. The highest BCUT2D eigenvalue weighted by Crippen LogP contribution is 2.50. The predicted octanol–water partition coefficient (Wildman–Crippen LogP) is 4.85. The molecule has 35 heavy (non-hydrogen) atoms. The van der Waals surface area contributed by atoms with E-state index >= 15 is 0 Å². The van der Waals surface area contributed by atoms with Crippen molar-refractivity contribution in [2.45, 2.75) is 19.4 Å². The molecule has 0 bridgehead atoms. The van der Waals surface area contributed by atoms with Crippen molar-refractivity contribution in [2.24, 2.45) is 11.8 Å². The van der Waals surface area contributed by atoms with E-state index in [1.807, 2.05) is 30.0 Å². The highest BCUT2D eigenvalue weighted by atomic mass is 35.5. The third-order valence-electron chi connectivity index (χ3n) is 6.50. The summed E-state index contributed by atoms with van der Waals surface area (Å²) in [5, 5.41) is 6.39. The number of thiazole rings is 1. The average molecular weight is 532 g/mol. The molecule has 6 rings (SSSR count). The number of ether oxygens (including phenoxy) is 3. The minimum absolute atomic E-state index is 0.105. The van der Waals surface area contributed by atoms with Crippen LogP contribution in [0.3, 0.4) is 0 Å². The van der Waals surface area contributed by atoms with Crippen molar-refractivity contribution >= 4 is 46.3 Å². The molecule has 8 nitrogen and oxygen atoms in total. The molecule has 1 unspecified atom stereocenters. The summed E-state index contributed by atoms with van der Waals surface area (Å²) in [7, 11) is 0. The molecule has 3 aliphatic rings. The van der Waals surface area contributed by atoms with E-state index in [1.165, 1.54) is 22.7 Å². The molecule has 0 spiro atoms. The van der Waals surface area contributed by atoms with Crippen LogP contribution in [0.1, 0.15) is 21.9 Å². The van der Waals surface area contributed by atoms with Crippen LogP contribution < -0.4 is 19.5 Å². The van der Waals surface area contributed by atoms with E-state index in [1.54, 1.807) is 11.4 Å². The van der Waals surface area contributed by atoms with Crippen LogP contribution in [0.15, 0.2) is 29.6 Å². The molecule has 1 N–H and O–H groups in total. The standard InChI is InChI=1S/C24H22ClN3O5S2/c1-12-27-19(21(35-12)13-3-2-4-15(25)7-13)22(29)28-10-14-8-16(14)17(28)9-26-24(30)33-23-20-18(11-34-23)31-5-6-32-20/h2-4,7,11,14,16-17H,5-6,8-10H2,1H3,(H,26,30)/t14-,16?,17+/m0/s1. The number of piperidine rings is 1. The van der Waals surface area contributed by atoms with Gasteiger partial charge in [-0.1, -0.05) is 35.1 Å². The number of aryl methyl sites for hydroxylation is 1. The Morgan fingerprint density at radius 1 is 1.31 bits per heavy atom. The van der Waals surface area contributed by atoms with Gasteiger partial charge in [-0.3, -0.25) is 4.79 Å². The first-order valence-corrected chi connectivity index (χ1v) is 13.4. The van der Waals surface area contributed by atoms with Crippen molar-refractivity contribution in [3.8, 4) is 27.0 Å². The van der Waals surface area contributed by atoms with E-state index < -0.39 is 6.09 Å². The Bertz CT molecular complexity index is 1310. The summed E-state index contributed by atoms with van der Waals surface area (Å²) in [6.45, 7) is 3.76. The summed E-state index contributed by atoms with van der Waals surface area (Å²) >= 11 is 8.92. The molecule has 1 aliphatic carbocycles. The van der Waals surface area contributed by atoms with E-state index in [2.05, 4.69) is 10.3 Å². The second kappa shape index (κ2) is 9.00. The van der Waals surface area contributed by atoms with Gasteiger partial charge in [-0.25, -0.2) is 9.78 Å². The van der Waals surface area contributed by atoms with Gasteiger partial charge in [-0.05, 0) is 42.9 Å². The summed E-state index contributed by atoms with van der Waals surface area (Å²) in [5.74, 6) is 1.77. The molecule has 1 aromatic carbocycles. The fourth-order valence-corrected chi connectivity index (χ4v) is 6.69. The van der Waals surface area contributed by atoms with Crippen LogP contribution in [0.25, 0.3) is 10.4 Å². The van der Waals surface area contributed by atoms with Gasteiger partial charge in [0.25, 0.3) is 5.91 Å². The van der Waals surface area contributed by atoms with E-state index in [-0.39, 0.29) is 11.9 Å². The molecular formula is C24H22ClN3O5S2. The first-order valence-electron chi connectivity index (χ1n) is 11.3. The average Bonchev–Trinajstić information content (AvgIpc) is 3.16. The summed E-state index contributed by atoms with van der Waals surface area (Å²) in [6, 6.07) is 7.35. The molecule has 182 valence electrons. The summed E-state index contributed by atoms with van der Waals surface area (Å²) in [6.07, 6.45) is 0.482. The second-order valence-corrected chi connectivity index (χ2v) is 11.3. The number of benzene rings is 1. The highest BCUT2D eigenvalue weighted by Gasteiger charge is 2.54. The Balaban J connectivity index is 1.16. The van der Waals surface area contributed by atoms with Gasteiger partial charge in [0, 0.05) is 23.5 Å². The number of hydrogen-bond acceptors (Lipinski definition) is 8. The Morgan fingerprint density at radius 2 is 2.17 bits per heavy atom. The third-order valence-corrected chi connectivity index (χ3v) is 8.57. The maximum absolute atomic E-state index is 13.6. The largest absolute Gasteiger partial charge is 0.485 e. The van der Waals surface area contributed by atoms with Crippen molar-refractivity contribution in [3.63, 3.8) is 0 Å². The predicted molar refractivity (Wildman–Crippen MR) is 133 cm³/mol. The number of hydrogen-bond donors (Lipinski definition) is 1. The molecule has 4 heterocycles. The zero-order valence-electron chi connectivity index (χ0n) is 18.8. The highest BCUT2D eigenvalue weighted by molar-refractivity contribution is 7.15. The monoisotopic (exact) mass is 531 g/mol. The first kappa shape index (κ1) is 22.6. The van der Waals surface area contributed by atoms with Crippen LogP contribution in [0, 0.1) is 18.8 Å². The lowest BCUT2D eigenvalue weighted by molar-refractivity contribution is 0.0700. The number of aromatic nitrogens is 1. The minimum Gasteiger partial charge on any atom is -0.485 e. The van der Waals surface area contributed by atoms with E-state index in [4.69, 9.17) is 25.8 Å². The smallest absolute Gasteiger partial charge is 0.413 e. The van der Waals surface area contributed by atoms with E-state index in [9.17, 15) is 9.59 Å². The Hall–Kier alpha value is -2.82. The number of carbonyl (C=O) groups is 2. The van der Waals surface area contributed by atoms with Gasteiger partial charge in [-0.15, -0.1) is 11.3 Å². The van der Waals surface area contributed by atoms with Crippen molar-refractivity contribution in [2.75, 3.05) is 26.3 Å². The second-order valence-electron chi connectivity index (χ2n) is 8.79. The SMILES string of the molecule is Cc1nc(C(=O)N2C[C@@H]3CC3[C@H]2CNC(=O)Oc2scc3c2OCCO3)c(-c2cccc(Cl)c2)s1. The number of nitrogens with zero attached hydrogens (tertiary/aromatic N) is 2. The van der Waals surface area contributed by atoms with Gasteiger partial charge in [0.1, 0.15) is 18.9 Å². The molecular weight excluding hydrogens is 510 g/mol. The van der Waals surface area contributed by atoms with Gasteiger partial charge < -0.3 is 24.4 Å². The maximum atomic E-state index is 13.6. The maximum Gasteiger partial charge on any atom is 0.413 e. The summed E-state index contributed by atoms with van der Waals surface area (Å²) < 4.78 is 16.5. The van der Waals surface area contributed by atoms with Crippen LogP contribution in [0.4, 0.5) is 4.79 Å². The molecule has 0 radical (unpaired) electrons. The summed E-state index contributed by atoms with van der Waals surface area (Å²) in [4.78, 5) is 33.4. The van der Waals surface area contributed by atoms with Crippen molar-refractivity contribution < 1.29 is 23.8 Å². The van der Waals surface area contributed by atoms with E-state index in [0.29, 0.717) is 65.4 Å². The number of carbonyl (C=O) groups excluding carboxylic acids is 2. The minimum atomic E-state index is -0.579. The Kier molecular flexibility index (Phi) is 5.82. The van der Waals surface area contributed by atoms with Crippen LogP contribution in [0.5, 0.6) is 16.6 Å². The van der Waals surface area contributed by atoms with Crippen LogP contribution >= 0.6 is 34.3 Å². The molecule has 2 aliphatic heterocycles. The van der Waals surface area contributed by atoms with Crippen molar-refractivity contribution in [1.29, 1.82) is 0 Å². The molecule has 11 heteroatoms. The molecule has 3 aromatic rings. The molecule has 2 fully saturated rings. The summed E-state index contributed by atoms with van der Waals surface area (Å²) in [5.41, 5.74) is 1.31. The fourth-order valence-electron chi connectivity index (χ4n) is 4.82. The van der Waals surface area contributed by atoms with Crippen LogP contribution in [-0.4, -0.2) is 54.2 Å². The van der Waals surface area contributed by atoms with Crippen LogP contribution in [0.2, 0.25) is 5.02 Å². The molecule has 2 amide bonds. The number of fused-ring (bicyclic) bond motifs is 2. The number of nitrogens with one attached hydrogen (secondary N) is 1. The van der Waals surface area contributed by atoms with Gasteiger partial charge in [0.2, 0.25) is 10.8 Å². The molecule has 3 atom stereocenters. The number of halogens is 1. The Morgan fingerprint density at radius 3 is 3.03 bits per heavy atom. The van der Waals surface area contributed by atoms with Crippen molar-refractivity contribution in [1.82, 2.24) is 15.2 Å². The zero-order valence-corrected chi connectivity index (χ0v) is 21.2. The molecule has 1 saturated heterocycles. The number of likely N-dealkylation sites (tertiary alicyclic amines) is 1. The van der Waals surface area contributed by atoms with Gasteiger partial charge >= 0.3 is 6.09 Å². The van der Waals surface area contributed by atoms with Gasteiger partial charge in [-0.2, -0.15) is 0 Å². The fraction of sp³-hybridized carbons (Fsp3) is 0.375.